The number of aromatic amines is 1. The van der Waals surface area contributed by atoms with Crippen LogP contribution in [-0.4, -0.2) is 30.3 Å². The van der Waals surface area contributed by atoms with E-state index in [-0.39, 0.29) is 16.8 Å². The second-order valence-corrected chi connectivity index (χ2v) is 7.15. The van der Waals surface area contributed by atoms with E-state index in [1.54, 1.807) is 24.4 Å². The van der Waals surface area contributed by atoms with Crippen molar-refractivity contribution in [3.63, 3.8) is 0 Å². The summed E-state index contributed by atoms with van der Waals surface area (Å²) in [6, 6.07) is 8.35. The summed E-state index contributed by atoms with van der Waals surface area (Å²) in [5.74, 6) is -2.66. The summed E-state index contributed by atoms with van der Waals surface area (Å²) in [4.78, 5) is 40.6. The van der Waals surface area contributed by atoms with Crippen LogP contribution in [0.1, 0.15) is 15.9 Å². The smallest absolute Gasteiger partial charge is 0.256 e. The lowest BCUT2D eigenvalue weighted by atomic mass is 10.0. The first-order chi connectivity index (χ1) is 15.9. The van der Waals surface area contributed by atoms with Gasteiger partial charge in [0.05, 0.1) is 29.3 Å². The van der Waals surface area contributed by atoms with E-state index >= 15 is 0 Å². The maximum absolute atomic E-state index is 14.4. The lowest BCUT2D eigenvalue weighted by Gasteiger charge is -2.07. The normalized spacial score (nSPS) is 11.1. The molecule has 3 N–H and O–H groups in total. The molecule has 10 heteroatoms. The van der Waals surface area contributed by atoms with Gasteiger partial charge in [0, 0.05) is 41.2 Å². The molecule has 4 heterocycles. The summed E-state index contributed by atoms with van der Waals surface area (Å²) < 4.78 is 30.0. The van der Waals surface area contributed by atoms with Gasteiger partial charge >= 0.3 is 0 Å². The Labute approximate surface area is 184 Å². The summed E-state index contributed by atoms with van der Waals surface area (Å²) in [5.41, 5.74) is 5.52. The van der Waals surface area contributed by atoms with Gasteiger partial charge in [-0.15, -0.1) is 0 Å². The van der Waals surface area contributed by atoms with Crippen LogP contribution in [-0.2, 0) is 0 Å². The number of carbonyl (C=O) groups excluding carboxylic acids is 1. The van der Waals surface area contributed by atoms with Crippen molar-refractivity contribution in [2.24, 2.45) is 0 Å². The molecule has 0 saturated carbocycles. The zero-order chi connectivity index (χ0) is 23.1. The fraction of sp³-hybridized carbons (Fsp3) is 0. The maximum atomic E-state index is 14.4. The molecular formula is C23H14F2N6O2. The number of rotatable bonds is 4. The van der Waals surface area contributed by atoms with Crippen LogP contribution in [0.15, 0.2) is 72.2 Å². The Morgan fingerprint density at radius 2 is 1.88 bits per heavy atom. The molecule has 0 amide bonds. The average Bonchev–Trinajstić information content (AvgIpc) is 3.25. The second kappa shape index (κ2) is 7.75. The van der Waals surface area contributed by atoms with Crippen LogP contribution in [0.4, 0.5) is 14.5 Å². The van der Waals surface area contributed by atoms with E-state index in [4.69, 9.17) is 5.73 Å². The molecule has 0 aliphatic rings. The summed E-state index contributed by atoms with van der Waals surface area (Å²) >= 11 is 0. The van der Waals surface area contributed by atoms with Crippen LogP contribution in [0.5, 0.6) is 0 Å². The number of hydrogen-bond acceptors (Lipinski definition) is 6. The molecule has 0 saturated heterocycles. The molecule has 5 aromatic rings. The van der Waals surface area contributed by atoms with Gasteiger partial charge in [-0.3, -0.25) is 19.1 Å². The number of aromatic nitrogens is 5. The van der Waals surface area contributed by atoms with E-state index in [1.807, 2.05) is 0 Å². The second-order valence-electron chi connectivity index (χ2n) is 7.15. The van der Waals surface area contributed by atoms with Crippen LogP contribution in [0.3, 0.4) is 0 Å². The number of nitrogens with zero attached hydrogens (tertiary/aromatic N) is 4. The van der Waals surface area contributed by atoms with Gasteiger partial charge in [-0.25, -0.2) is 18.7 Å². The molecule has 0 radical (unpaired) electrons. The molecule has 5 rings (SSSR count). The van der Waals surface area contributed by atoms with Crippen LogP contribution in [0.25, 0.3) is 28.1 Å². The van der Waals surface area contributed by atoms with Crippen molar-refractivity contribution in [2.75, 3.05) is 5.73 Å². The third-order valence-corrected chi connectivity index (χ3v) is 5.13. The van der Waals surface area contributed by atoms with Crippen LogP contribution in [0, 0.1) is 11.6 Å². The maximum Gasteiger partial charge on any atom is 0.256 e. The number of carbonyl (C=O) groups is 1. The van der Waals surface area contributed by atoms with Crippen molar-refractivity contribution in [2.45, 2.75) is 0 Å². The lowest BCUT2D eigenvalue weighted by molar-refractivity contribution is 0.103. The zero-order valence-corrected chi connectivity index (χ0v) is 16.8. The Balaban J connectivity index is 1.56. The number of fused-ring (bicyclic) bond motifs is 1. The van der Waals surface area contributed by atoms with Gasteiger partial charge in [0.1, 0.15) is 11.5 Å². The zero-order valence-electron chi connectivity index (χ0n) is 16.8. The Morgan fingerprint density at radius 1 is 1.03 bits per heavy atom. The van der Waals surface area contributed by atoms with E-state index in [0.717, 1.165) is 12.1 Å². The van der Waals surface area contributed by atoms with Gasteiger partial charge < -0.3 is 10.7 Å². The Morgan fingerprint density at radius 3 is 2.64 bits per heavy atom. The number of H-pyrrole nitrogens is 1. The number of halogens is 2. The Bertz CT molecular complexity index is 1590. The highest BCUT2D eigenvalue weighted by Gasteiger charge is 2.24. The van der Waals surface area contributed by atoms with E-state index in [0.29, 0.717) is 28.1 Å². The Kier molecular flexibility index (Phi) is 4.74. The summed E-state index contributed by atoms with van der Waals surface area (Å²) in [7, 11) is 0. The number of benzene rings is 1. The molecular weight excluding hydrogens is 430 g/mol. The molecule has 0 spiro atoms. The number of pyridine rings is 2. The molecule has 0 aliphatic carbocycles. The van der Waals surface area contributed by atoms with Crippen LogP contribution >= 0.6 is 0 Å². The van der Waals surface area contributed by atoms with E-state index in [2.05, 4.69) is 19.9 Å². The number of anilines is 1. The van der Waals surface area contributed by atoms with Crippen molar-refractivity contribution < 1.29 is 13.6 Å². The molecule has 0 bridgehead atoms. The number of ketones is 1. The summed E-state index contributed by atoms with van der Waals surface area (Å²) in [6.45, 7) is 0. The number of nitrogens with two attached hydrogens (primary N) is 1. The SMILES string of the molecule is Nc1ccc(F)c(C(=O)c2c[nH]c3ncc(-c4cnc(-n5ccccc5=O)cn4)cc23)c1F. The van der Waals surface area contributed by atoms with E-state index in [9.17, 15) is 18.4 Å². The third-order valence-electron chi connectivity index (χ3n) is 5.13. The summed E-state index contributed by atoms with van der Waals surface area (Å²) in [5, 5.41) is 0.351. The van der Waals surface area contributed by atoms with Gasteiger partial charge in [0.15, 0.2) is 11.6 Å². The topological polar surface area (TPSA) is 120 Å². The molecule has 0 atom stereocenters. The van der Waals surface area contributed by atoms with E-state index in [1.165, 1.54) is 35.4 Å². The highest BCUT2D eigenvalue weighted by molar-refractivity contribution is 6.16. The highest BCUT2D eigenvalue weighted by Crippen LogP contribution is 2.28. The first kappa shape index (κ1) is 20.2. The predicted octanol–water partition coefficient (Wildman–Crippen LogP) is 3.26. The summed E-state index contributed by atoms with van der Waals surface area (Å²) in [6.07, 6.45) is 7.33. The highest BCUT2D eigenvalue weighted by atomic mass is 19.1. The van der Waals surface area contributed by atoms with Crippen molar-refractivity contribution in [3.8, 4) is 17.1 Å². The minimum Gasteiger partial charge on any atom is -0.396 e. The molecule has 0 fully saturated rings. The van der Waals surface area contributed by atoms with Crippen molar-refractivity contribution in [3.05, 3.63) is 100 Å². The minimum atomic E-state index is -1.11. The average molecular weight is 444 g/mol. The Hall–Kier alpha value is -4.73. The number of hydrogen-bond donors (Lipinski definition) is 2. The van der Waals surface area contributed by atoms with Gasteiger partial charge in [-0.2, -0.15) is 0 Å². The van der Waals surface area contributed by atoms with Crippen molar-refractivity contribution >= 4 is 22.5 Å². The number of nitrogen functional groups attached to an aromatic ring is 1. The molecule has 0 unspecified atom stereocenters. The van der Waals surface area contributed by atoms with Gasteiger partial charge in [0.25, 0.3) is 5.56 Å². The van der Waals surface area contributed by atoms with Crippen molar-refractivity contribution in [1.29, 1.82) is 0 Å². The van der Waals surface area contributed by atoms with Crippen molar-refractivity contribution in [1.82, 2.24) is 24.5 Å². The molecule has 8 nitrogen and oxygen atoms in total. The minimum absolute atomic E-state index is 0.0307. The molecule has 33 heavy (non-hydrogen) atoms. The fourth-order valence-corrected chi connectivity index (χ4v) is 3.45. The fourth-order valence-electron chi connectivity index (χ4n) is 3.45. The molecule has 162 valence electrons. The largest absolute Gasteiger partial charge is 0.396 e. The van der Waals surface area contributed by atoms with Crippen LogP contribution < -0.4 is 11.3 Å². The number of nitrogens with one attached hydrogen (secondary N) is 1. The van der Waals surface area contributed by atoms with Crippen LogP contribution in [0.2, 0.25) is 0 Å². The third kappa shape index (κ3) is 3.43. The molecule has 0 aliphatic heterocycles. The monoisotopic (exact) mass is 444 g/mol. The molecule has 4 aromatic heterocycles. The standard InChI is InChI=1S/C23H14F2N6O2/c24-15-4-5-16(26)21(25)20(15)22(33)14-9-30-23-13(14)7-12(8-29-23)17-10-28-18(11-27-17)31-6-2-1-3-19(31)32/h1-11H,26H2,(H,29,30). The lowest BCUT2D eigenvalue weighted by Crippen LogP contribution is -2.16. The molecule has 1 aromatic carbocycles. The van der Waals surface area contributed by atoms with E-state index < -0.39 is 23.0 Å². The van der Waals surface area contributed by atoms with Gasteiger partial charge in [0.2, 0.25) is 5.78 Å². The van der Waals surface area contributed by atoms with Gasteiger partial charge in [-0.05, 0) is 24.3 Å². The first-order valence-electron chi connectivity index (χ1n) is 9.70. The first-order valence-corrected chi connectivity index (χ1v) is 9.70. The predicted molar refractivity (Wildman–Crippen MR) is 117 cm³/mol. The quantitative estimate of drug-likeness (QED) is 0.324. The van der Waals surface area contributed by atoms with Gasteiger partial charge in [-0.1, -0.05) is 6.07 Å².